The fourth-order valence-electron chi connectivity index (χ4n) is 2.39. The van der Waals surface area contributed by atoms with Crippen molar-refractivity contribution in [1.82, 2.24) is 4.90 Å². The summed E-state index contributed by atoms with van der Waals surface area (Å²) >= 11 is 0. The number of carbonyl (C=O) groups is 1. The number of rotatable bonds is 9. The first-order chi connectivity index (χ1) is 12.5. The zero-order valence-electron chi connectivity index (χ0n) is 15.3. The van der Waals surface area contributed by atoms with Gasteiger partial charge in [-0.2, -0.15) is 0 Å². The van der Waals surface area contributed by atoms with Gasteiger partial charge >= 0.3 is 0 Å². The minimum absolute atomic E-state index is 0.0812. The van der Waals surface area contributed by atoms with E-state index in [1.165, 1.54) is 4.90 Å². The number of likely N-dealkylation sites (N-methyl/N-ethyl adjacent to an activating group) is 1. The molecule has 2 aromatic carbocycles. The Kier molecular flexibility index (Phi) is 7.29. The highest BCUT2D eigenvalue weighted by atomic mass is 16.5. The topological polar surface area (TPSA) is 68.2 Å². The molecule has 140 valence electrons. The Morgan fingerprint density at radius 2 is 1.65 bits per heavy atom. The van der Waals surface area contributed by atoms with E-state index >= 15 is 0 Å². The second-order valence-electron chi connectivity index (χ2n) is 5.93. The fourth-order valence-corrected chi connectivity index (χ4v) is 2.39. The number of methoxy groups -OCH3 is 1. The summed E-state index contributed by atoms with van der Waals surface area (Å²) < 4.78 is 16.2. The normalized spacial score (nSPS) is 12.8. The predicted molar refractivity (Wildman–Crippen MR) is 98.7 cm³/mol. The van der Waals surface area contributed by atoms with E-state index in [4.69, 9.17) is 14.2 Å². The smallest absolute Gasteiger partial charge is 0.263 e. The van der Waals surface area contributed by atoms with E-state index in [9.17, 15) is 9.90 Å². The van der Waals surface area contributed by atoms with Crippen LogP contribution in [0.25, 0.3) is 0 Å². The second kappa shape index (κ2) is 9.68. The summed E-state index contributed by atoms with van der Waals surface area (Å²) in [5, 5.41) is 10.1. The average Bonchev–Trinajstić information content (AvgIpc) is 2.66. The molecule has 1 amide bonds. The van der Waals surface area contributed by atoms with Crippen molar-refractivity contribution in [3.05, 3.63) is 54.6 Å². The van der Waals surface area contributed by atoms with Gasteiger partial charge in [0.1, 0.15) is 30.0 Å². The van der Waals surface area contributed by atoms with Gasteiger partial charge in [-0.05, 0) is 43.3 Å². The lowest BCUT2D eigenvalue weighted by molar-refractivity contribution is -0.138. The molecule has 6 nitrogen and oxygen atoms in total. The molecule has 0 saturated heterocycles. The molecule has 26 heavy (non-hydrogen) atoms. The lowest BCUT2D eigenvalue weighted by Gasteiger charge is -2.24. The molecule has 2 atom stereocenters. The molecular formula is C20H25NO5. The molecule has 0 unspecified atom stereocenters. The summed E-state index contributed by atoms with van der Waals surface area (Å²) in [6, 6.07) is 16.2. The SMILES string of the molecule is COc1ccc(OC[C@H](O)CN(C)C(=O)[C@H](C)Oc2ccccc2)cc1. The first-order valence-electron chi connectivity index (χ1n) is 8.41. The zero-order valence-corrected chi connectivity index (χ0v) is 15.3. The van der Waals surface area contributed by atoms with Gasteiger partial charge in [-0.3, -0.25) is 4.79 Å². The zero-order chi connectivity index (χ0) is 18.9. The Hall–Kier alpha value is -2.73. The summed E-state index contributed by atoms with van der Waals surface area (Å²) in [6.45, 7) is 1.92. The third-order valence-electron chi connectivity index (χ3n) is 3.77. The lowest BCUT2D eigenvalue weighted by Crippen LogP contribution is -2.43. The van der Waals surface area contributed by atoms with Gasteiger partial charge in [0.25, 0.3) is 5.91 Å². The molecule has 6 heteroatoms. The fraction of sp³-hybridized carbons (Fsp3) is 0.350. The molecule has 0 radical (unpaired) electrons. The molecular weight excluding hydrogens is 334 g/mol. The number of nitrogens with zero attached hydrogens (tertiary/aromatic N) is 1. The molecule has 2 aromatic rings. The number of para-hydroxylation sites is 1. The van der Waals surface area contributed by atoms with Crippen LogP contribution in [0.3, 0.4) is 0 Å². The number of amides is 1. The minimum Gasteiger partial charge on any atom is -0.497 e. The standard InChI is InChI=1S/C20H25NO5/c1-15(26-19-7-5-4-6-8-19)20(23)21(2)13-16(22)14-25-18-11-9-17(24-3)10-12-18/h4-12,15-16,22H,13-14H2,1-3H3/t15-,16+/m0/s1. The summed E-state index contributed by atoms with van der Waals surface area (Å²) in [4.78, 5) is 13.8. The highest BCUT2D eigenvalue weighted by Gasteiger charge is 2.21. The molecule has 0 saturated carbocycles. The van der Waals surface area contributed by atoms with E-state index in [1.807, 2.05) is 18.2 Å². The van der Waals surface area contributed by atoms with Crippen molar-refractivity contribution in [3.63, 3.8) is 0 Å². The molecule has 0 bridgehead atoms. The van der Waals surface area contributed by atoms with Crippen molar-refractivity contribution >= 4 is 5.91 Å². The Labute approximate surface area is 153 Å². The van der Waals surface area contributed by atoms with Gasteiger partial charge in [0.2, 0.25) is 0 Å². The Bertz CT molecular complexity index is 674. The Balaban J connectivity index is 1.77. The molecule has 0 aliphatic heterocycles. The van der Waals surface area contributed by atoms with Crippen molar-refractivity contribution in [1.29, 1.82) is 0 Å². The number of hydrogen-bond donors (Lipinski definition) is 1. The van der Waals surface area contributed by atoms with E-state index in [-0.39, 0.29) is 19.1 Å². The Morgan fingerprint density at radius 3 is 2.27 bits per heavy atom. The quantitative estimate of drug-likeness (QED) is 0.744. The lowest BCUT2D eigenvalue weighted by atomic mass is 10.3. The van der Waals surface area contributed by atoms with Gasteiger partial charge in [0.15, 0.2) is 6.10 Å². The van der Waals surface area contributed by atoms with Crippen molar-refractivity contribution in [3.8, 4) is 17.2 Å². The summed E-state index contributed by atoms with van der Waals surface area (Å²) in [5.74, 6) is 1.78. The van der Waals surface area contributed by atoms with Gasteiger partial charge < -0.3 is 24.2 Å². The molecule has 1 N–H and O–H groups in total. The van der Waals surface area contributed by atoms with Crippen LogP contribution >= 0.6 is 0 Å². The number of carbonyl (C=O) groups excluding carboxylic acids is 1. The summed E-state index contributed by atoms with van der Waals surface area (Å²) in [6.07, 6.45) is -1.45. The maximum absolute atomic E-state index is 12.4. The van der Waals surface area contributed by atoms with Crippen molar-refractivity contribution in [2.75, 3.05) is 27.3 Å². The molecule has 0 spiro atoms. The van der Waals surface area contributed by atoms with E-state index < -0.39 is 12.2 Å². The third kappa shape index (κ3) is 5.97. The largest absolute Gasteiger partial charge is 0.497 e. The van der Waals surface area contributed by atoms with Crippen LogP contribution in [0.15, 0.2) is 54.6 Å². The molecule has 0 heterocycles. The first kappa shape index (κ1) is 19.6. The van der Waals surface area contributed by atoms with E-state index in [2.05, 4.69) is 0 Å². The monoisotopic (exact) mass is 359 g/mol. The Morgan fingerprint density at radius 1 is 1.04 bits per heavy atom. The van der Waals surface area contributed by atoms with Crippen molar-refractivity contribution in [2.45, 2.75) is 19.1 Å². The van der Waals surface area contributed by atoms with Gasteiger partial charge in [0, 0.05) is 13.6 Å². The number of aliphatic hydroxyl groups excluding tert-OH is 1. The molecule has 2 rings (SSSR count). The summed E-state index contributed by atoms with van der Waals surface area (Å²) in [7, 11) is 3.22. The van der Waals surface area contributed by atoms with E-state index in [0.29, 0.717) is 11.5 Å². The average molecular weight is 359 g/mol. The number of ether oxygens (including phenoxy) is 3. The van der Waals surface area contributed by atoms with Crippen molar-refractivity contribution in [2.24, 2.45) is 0 Å². The summed E-state index contributed by atoms with van der Waals surface area (Å²) in [5.41, 5.74) is 0. The highest BCUT2D eigenvalue weighted by Crippen LogP contribution is 2.17. The third-order valence-corrected chi connectivity index (χ3v) is 3.77. The van der Waals surface area contributed by atoms with Crippen LogP contribution in [-0.4, -0.2) is 55.4 Å². The van der Waals surface area contributed by atoms with Crippen molar-refractivity contribution < 1.29 is 24.1 Å². The van der Waals surface area contributed by atoms with Crippen LogP contribution in [-0.2, 0) is 4.79 Å². The van der Waals surface area contributed by atoms with Crippen LogP contribution < -0.4 is 14.2 Å². The number of aliphatic hydroxyl groups is 1. The maximum Gasteiger partial charge on any atom is 0.263 e. The molecule has 0 aromatic heterocycles. The maximum atomic E-state index is 12.4. The van der Waals surface area contributed by atoms with Gasteiger partial charge in [-0.15, -0.1) is 0 Å². The van der Waals surface area contributed by atoms with E-state index in [1.54, 1.807) is 57.5 Å². The molecule has 0 aliphatic carbocycles. The van der Waals surface area contributed by atoms with E-state index in [0.717, 1.165) is 5.75 Å². The first-order valence-corrected chi connectivity index (χ1v) is 8.41. The van der Waals surface area contributed by atoms with Crippen LogP contribution in [0.1, 0.15) is 6.92 Å². The van der Waals surface area contributed by atoms with Crippen LogP contribution in [0.2, 0.25) is 0 Å². The number of hydrogen-bond acceptors (Lipinski definition) is 5. The van der Waals surface area contributed by atoms with Gasteiger partial charge in [-0.25, -0.2) is 0 Å². The second-order valence-corrected chi connectivity index (χ2v) is 5.93. The highest BCUT2D eigenvalue weighted by molar-refractivity contribution is 5.80. The number of benzene rings is 2. The molecule has 0 fully saturated rings. The van der Waals surface area contributed by atoms with Crippen LogP contribution in [0, 0.1) is 0 Å². The minimum atomic E-state index is -0.810. The predicted octanol–water partition coefficient (Wildman–Crippen LogP) is 2.36. The van der Waals surface area contributed by atoms with Crippen LogP contribution in [0.4, 0.5) is 0 Å². The van der Waals surface area contributed by atoms with Gasteiger partial charge in [0.05, 0.1) is 7.11 Å². The van der Waals surface area contributed by atoms with Gasteiger partial charge in [-0.1, -0.05) is 18.2 Å². The van der Waals surface area contributed by atoms with Crippen LogP contribution in [0.5, 0.6) is 17.2 Å². The molecule has 0 aliphatic rings.